The van der Waals surface area contributed by atoms with Crippen LogP contribution in [0.3, 0.4) is 0 Å². The van der Waals surface area contributed by atoms with Gasteiger partial charge in [-0.05, 0) is 37.6 Å². The highest BCUT2D eigenvalue weighted by atomic mass is 19.1. The Morgan fingerprint density at radius 3 is 2.76 bits per heavy atom. The number of aryl methyl sites for hydroxylation is 2. The summed E-state index contributed by atoms with van der Waals surface area (Å²) < 4.78 is 12.9. The molecule has 5 nitrogen and oxygen atoms in total. The largest absolute Gasteiger partial charge is 0.319 e. The van der Waals surface area contributed by atoms with E-state index >= 15 is 0 Å². The number of aromatic amines is 1. The number of rotatable bonds is 2. The van der Waals surface area contributed by atoms with E-state index in [0.29, 0.717) is 17.1 Å². The van der Waals surface area contributed by atoms with Crippen molar-refractivity contribution in [3.05, 3.63) is 41.2 Å². The molecule has 1 aromatic carbocycles. The molecule has 17 heavy (non-hydrogen) atoms. The Kier molecular flexibility index (Phi) is 2.86. The van der Waals surface area contributed by atoms with E-state index in [-0.39, 0.29) is 11.6 Å². The lowest BCUT2D eigenvalue weighted by molar-refractivity contribution is 0.101. The molecule has 0 aliphatic rings. The van der Waals surface area contributed by atoms with Crippen LogP contribution in [0.4, 0.5) is 10.1 Å². The van der Waals surface area contributed by atoms with Gasteiger partial charge in [0, 0.05) is 5.69 Å². The van der Waals surface area contributed by atoms with Gasteiger partial charge in [0.1, 0.15) is 11.6 Å². The smallest absolute Gasteiger partial charge is 0.295 e. The van der Waals surface area contributed by atoms with Crippen LogP contribution in [0.5, 0.6) is 0 Å². The number of benzene rings is 1. The Balaban J connectivity index is 2.18. The van der Waals surface area contributed by atoms with Crippen molar-refractivity contribution in [1.82, 2.24) is 15.2 Å². The van der Waals surface area contributed by atoms with E-state index in [4.69, 9.17) is 0 Å². The molecule has 0 saturated heterocycles. The Hall–Kier alpha value is -2.24. The van der Waals surface area contributed by atoms with Gasteiger partial charge in [0.25, 0.3) is 5.91 Å². The molecule has 1 amide bonds. The van der Waals surface area contributed by atoms with Crippen molar-refractivity contribution < 1.29 is 9.18 Å². The fourth-order valence-corrected chi connectivity index (χ4v) is 1.39. The number of hydrogen-bond donors (Lipinski definition) is 2. The first-order chi connectivity index (χ1) is 8.06. The summed E-state index contributed by atoms with van der Waals surface area (Å²) in [5.74, 6) is -0.143. The number of carbonyl (C=O) groups excluding carboxylic acids is 1. The quantitative estimate of drug-likeness (QED) is 0.832. The van der Waals surface area contributed by atoms with E-state index < -0.39 is 5.91 Å². The zero-order valence-corrected chi connectivity index (χ0v) is 9.41. The van der Waals surface area contributed by atoms with Crippen LogP contribution < -0.4 is 5.32 Å². The summed E-state index contributed by atoms with van der Waals surface area (Å²) in [6.45, 7) is 3.41. The molecule has 0 aliphatic heterocycles. The van der Waals surface area contributed by atoms with Crippen LogP contribution in [0.15, 0.2) is 18.2 Å². The summed E-state index contributed by atoms with van der Waals surface area (Å²) in [5, 5.41) is 8.93. The van der Waals surface area contributed by atoms with Crippen molar-refractivity contribution in [3.8, 4) is 0 Å². The van der Waals surface area contributed by atoms with E-state index in [1.807, 2.05) is 0 Å². The second kappa shape index (κ2) is 4.32. The maximum absolute atomic E-state index is 12.9. The molecule has 0 spiro atoms. The summed E-state index contributed by atoms with van der Waals surface area (Å²) in [4.78, 5) is 15.6. The summed E-state index contributed by atoms with van der Waals surface area (Å²) in [5.41, 5.74) is 1.18. The number of hydrogen-bond acceptors (Lipinski definition) is 3. The van der Waals surface area contributed by atoms with Gasteiger partial charge in [-0.2, -0.15) is 0 Å². The van der Waals surface area contributed by atoms with Crippen LogP contribution in [-0.4, -0.2) is 21.1 Å². The first-order valence-corrected chi connectivity index (χ1v) is 5.03. The lowest BCUT2D eigenvalue weighted by atomic mass is 10.2. The number of carbonyl (C=O) groups is 1. The van der Waals surface area contributed by atoms with Gasteiger partial charge in [0.2, 0.25) is 5.82 Å². The Morgan fingerprint density at radius 2 is 2.18 bits per heavy atom. The highest BCUT2D eigenvalue weighted by Gasteiger charge is 2.12. The van der Waals surface area contributed by atoms with Gasteiger partial charge in [-0.1, -0.05) is 0 Å². The van der Waals surface area contributed by atoms with Gasteiger partial charge < -0.3 is 5.32 Å². The number of nitrogens with one attached hydrogen (secondary N) is 2. The Morgan fingerprint density at radius 1 is 1.41 bits per heavy atom. The first-order valence-electron chi connectivity index (χ1n) is 5.03. The van der Waals surface area contributed by atoms with Crippen LogP contribution in [0.25, 0.3) is 0 Å². The minimum atomic E-state index is -0.427. The minimum Gasteiger partial charge on any atom is -0.319 e. The number of nitrogens with zero attached hydrogens (tertiary/aromatic N) is 2. The molecular weight excluding hydrogens is 223 g/mol. The van der Waals surface area contributed by atoms with Crippen LogP contribution in [-0.2, 0) is 0 Å². The highest BCUT2D eigenvalue weighted by molar-refractivity contribution is 6.01. The number of H-pyrrole nitrogens is 1. The molecule has 2 aromatic rings. The van der Waals surface area contributed by atoms with Crippen molar-refractivity contribution >= 4 is 11.6 Å². The molecule has 0 aliphatic carbocycles. The lowest BCUT2D eigenvalue weighted by Crippen LogP contribution is -2.14. The monoisotopic (exact) mass is 234 g/mol. The first kappa shape index (κ1) is 11.3. The molecule has 1 aromatic heterocycles. The van der Waals surface area contributed by atoms with Gasteiger partial charge >= 0.3 is 0 Å². The van der Waals surface area contributed by atoms with Gasteiger partial charge in [-0.25, -0.2) is 9.37 Å². The fourth-order valence-electron chi connectivity index (χ4n) is 1.39. The standard InChI is InChI=1S/C11H11FN4O/c1-6-5-8(12)3-4-9(6)14-11(17)10-13-7(2)15-16-10/h3-5H,1-2H3,(H,14,17)(H,13,15,16). The molecule has 0 radical (unpaired) electrons. The summed E-state index contributed by atoms with van der Waals surface area (Å²) in [7, 11) is 0. The average Bonchev–Trinajstić information content (AvgIpc) is 2.69. The predicted octanol–water partition coefficient (Wildman–Crippen LogP) is 1.81. The van der Waals surface area contributed by atoms with Gasteiger partial charge in [0.05, 0.1) is 0 Å². The third-order valence-electron chi connectivity index (χ3n) is 2.24. The molecule has 0 atom stereocenters. The number of amides is 1. The van der Waals surface area contributed by atoms with Crippen molar-refractivity contribution in [2.24, 2.45) is 0 Å². The molecule has 2 rings (SSSR count). The molecule has 0 unspecified atom stereocenters. The number of halogens is 1. The molecule has 2 N–H and O–H groups in total. The lowest BCUT2D eigenvalue weighted by Gasteiger charge is -2.05. The summed E-state index contributed by atoms with van der Waals surface area (Å²) >= 11 is 0. The second-order valence-corrected chi connectivity index (χ2v) is 3.66. The van der Waals surface area contributed by atoms with Crippen molar-refractivity contribution in [2.45, 2.75) is 13.8 Å². The van der Waals surface area contributed by atoms with Crippen LogP contribution in [0.1, 0.15) is 22.0 Å². The zero-order chi connectivity index (χ0) is 12.4. The van der Waals surface area contributed by atoms with E-state index in [2.05, 4.69) is 20.5 Å². The predicted molar refractivity (Wildman–Crippen MR) is 60.2 cm³/mol. The van der Waals surface area contributed by atoms with E-state index in [9.17, 15) is 9.18 Å². The molecule has 0 fully saturated rings. The number of aromatic nitrogens is 3. The number of anilines is 1. The third kappa shape index (κ3) is 2.47. The second-order valence-electron chi connectivity index (χ2n) is 3.66. The van der Waals surface area contributed by atoms with Crippen molar-refractivity contribution in [1.29, 1.82) is 0 Å². The van der Waals surface area contributed by atoms with E-state index in [1.165, 1.54) is 18.2 Å². The summed E-state index contributed by atoms with van der Waals surface area (Å²) in [6.07, 6.45) is 0. The normalized spacial score (nSPS) is 10.3. The van der Waals surface area contributed by atoms with Gasteiger partial charge in [0.15, 0.2) is 0 Å². The van der Waals surface area contributed by atoms with Crippen LogP contribution >= 0.6 is 0 Å². The molecule has 88 valence electrons. The maximum Gasteiger partial charge on any atom is 0.295 e. The van der Waals surface area contributed by atoms with E-state index in [0.717, 1.165) is 0 Å². The molecule has 0 bridgehead atoms. The zero-order valence-electron chi connectivity index (χ0n) is 9.41. The molecule has 6 heteroatoms. The SMILES string of the molecule is Cc1nc(C(=O)Nc2ccc(F)cc2C)n[nH]1. The third-order valence-corrected chi connectivity index (χ3v) is 2.24. The fraction of sp³-hybridized carbons (Fsp3) is 0.182. The van der Waals surface area contributed by atoms with Crippen molar-refractivity contribution in [3.63, 3.8) is 0 Å². The molecule has 0 saturated carbocycles. The average molecular weight is 234 g/mol. The van der Waals surface area contributed by atoms with Gasteiger partial charge in [-0.15, -0.1) is 5.10 Å². The topological polar surface area (TPSA) is 70.7 Å². The molecule has 1 heterocycles. The maximum atomic E-state index is 12.9. The minimum absolute atomic E-state index is 0.0613. The van der Waals surface area contributed by atoms with Crippen LogP contribution in [0.2, 0.25) is 0 Å². The molecular formula is C11H11FN4O. The van der Waals surface area contributed by atoms with Crippen molar-refractivity contribution in [2.75, 3.05) is 5.32 Å². The highest BCUT2D eigenvalue weighted by Crippen LogP contribution is 2.16. The van der Waals surface area contributed by atoms with Gasteiger partial charge in [-0.3, -0.25) is 9.89 Å². The Labute approximate surface area is 97.1 Å². The van der Waals surface area contributed by atoms with E-state index in [1.54, 1.807) is 13.8 Å². The van der Waals surface area contributed by atoms with Crippen LogP contribution in [0, 0.1) is 19.7 Å². The Bertz CT molecular complexity index is 564. The summed E-state index contributed by atoms with van der Waals surface area (Å²) in [6, 6.07) is 4.13.